The topological polar surface area (TPSA) is 89.3 Å². The van der Waals surface area contributed by atoms with Gasteiger partial charge in [0.05, 0.1) is 17.5 Å². The van der Waals surface area contributed by atoms with E-state index in [4.69, 9.17) is 20.3 Å². The Kier molecular flexibility index (Phi) is 13.2. The van der Waals surface area contributed by atoms with Crippen LogP contribution in [0.4, 0.5) is 5.69 Å². The zero-order valence-corrected chi connectivity index (χ0v) is 26.1. The molecule has 0 spiro atoms. The summed E-state index contributed by atoms with van der Waals surface area (Å²) in [4.78, 5) is 13.3. The molecule has 0 atom stereocenters. The van der Waals surface area contributed by atoms with Crippen molar-refractivity contribution in [3.05, 3.63) is 71.6 Å². The third kappa shape index (κ3) is 9.71. The summed E-state index contributed by atoms with van der Waals surface area (Å²) in [5.41, 5.74) is 10.3. The van der Waals surface area contributed by atoms with Crippen molar-refractivity contribution in [2.45, 2.75) is 110 Å². The van der Waals surface area contributed by atoms with Gasteiger partial charge < -0.3 is 20.3 Å². The Hall–Kier alpha value is -3.60. The molecule has 2 aromatic rings. The van der Waals surface area contributed by atoms with Crippen LogP contribution in [-0.2, 0) is 4.74 Å². The molecular formula is C38H50N2O3. The molecule has 230 valence electrons. The van der Waals surface area contributed by atoms with Crippen molar-refractivity contribution in [1.29, 1.82) is 5.41 Å². The number of fused-ring (bicyclic) bond motifs is 2. The molecule has 0 saturated carbocycles. The Labute approximate surface area is 257 Å². The number of hydrogen-bond donors (Lipinski definition) is 2. The molecule has 0 amide bonds. The number of benzene rings is 3. The Morgan fingerprint density at radius 2 is 1.33 bits per heavy atom. The normalized spacial score (nSPS) is 11.4. The van der Waals surface area contributed by atoms with Crippen molar-refractivity contribution in [3.8, 4) is 22.5 Å². The molecule has 0 unspecified atom stereocenters. The third-order valence-electron chi connectivity index (χ3n) is 8.39. The fourth-order valence-corrected chi connectivity index (χ4v) is 5.97. The number of nitrogens with one attached hydrogen (secondary N) is 1. The molecule has 0 saturated heterocycles. The SMILES string of the molecule is CCCCCCCCCCCCCCCCCCOC(=O)c1ccccc1-c1c2ccc(=N)cc-2oc2cc(N)ccc12. The molecule has 2 aromatic carbocycles. The molecule has 0 fully saturated rings. The summed E-state index contributed by atoms with van der Waals surface area (Å²) in [6, 6.07) is 18.4. The highest BCUT2D eigenvalue weighted by molar-refractivity contribution is 6.08. The molecule has 0 radical (unpaired) electrons. The van der Waals surface area contributed by atoms with Gasteiger partial charge in [-0.15, -0.1) is 0 Å². The monoisotopic (exact) mass is 582 g/mol. The average molecular weight is 583 g/mol. The van der Waals surface area contributed by atoms with Crippen LogP contribution in [0.1, 0.15) is 120 Å². The highest BCUT2D eigenvalue weighted by Crippen LogP contribution is 2.41. The van der Waals surface area contributed by atoms with Crippen LogP contribution in [0.25, 0.3) is 33.4 Å². The number of ether oxygens (including phenoxy) is 1. The summed E-state index contributed by atoms with van der Waals surface area (Å²) in [6.07, 6.45) is 21.0. The smallest absolute Gasteiger partial charge is 0.338 e. The lowest BCUT2D eigenvalue weighted by molar-refractivity contribution is 0.0498. The number of nitrogen functional groups attached to an aromatic ring is 1. The van der Waals surface area contributed by atoms with E-state index in [9.17, 15) is 4.79 Å². The molecule has 3 N–H and O–H groups in total. The lowest BCUT2D eigenvalue weighted by Gasteiger charge is -2.17. The number of esters is 1. The second kappa shape index (κ2) is 17.5. The molecule has 2 aliphatic rings. The van der Waals surface area contributed by atoms with E-state index >= 15 is 0 Å². The first kappa shape index (κ1) is 32.3. The van der Waals surface area contributed by atoms with Crippen molar-refractivity contribution in [3.63, 3.8) is 0 Å². The standard InChI is InChI=1S/C38H50N2O3/c1-2-3-4-5-6-7-8-9-10-11-12-13-14-15-16-19-26-42-38(41)32-21-18-17-20-31(32)37-33-24-22-29(39)27-35(33)43-36-28-30(40)23-25-34(36)37/h17-18,20-25,27-28,39H,2-16,19,26,40H2,1H3. The predicted molar refractivity (Wildman–Crippen MR) is 178 cm³/mol. The van der Waals surface area contributed by atoms with Gasteiger partial charge in [0.2, 0.25) is 0 Å². The lowest BCUT2D eigenvalue weighted by atomic mass is 9.90. The van der Waals surface area contributed by atoms with Crippen LogP contribution >= 0.6 is 0 Å². The minimum absolute atomic E-state index is 0.314. The van der Waals surface area contributed by atoms with Crippen molar-refractivity contribution >= 4 is 22.6 Å². The minimum atomic E-state index is -0.314. The van der Waals surface area contributed by atoms with Crippen LogP contribution in [0.3, 0.4) is 0 Å². The lowest BCUT2D eigenvalue weighted by Crippen LogP contribution is -2.09. The number of anilines is 1. The summed E-state index contributed by atoms with van der Waals surface area (Å²) < 4.78 is 11.9. The Morgan fingerprint density at radius 1 is 0.721 bits per heavy atom. The number of unbranched alkanes of at least 4 members (excludes halogenated alkanes) is 15. The van der Waals surface area contributed by atoms with Crippen molar-refractivity contribution in [2.24, 2.45) is 0 Å². The van der Waals surface area contributed by atoms with Gasteiger partial charge in [-0.05, 0) is 42.3 Å². The van der Waals surface area contributed by atoms with Crippen LogP contribution in [0.2, 0.25) is 0 Å². The van der Waals surface area contributed by atoms with Crippen LogP contribution in [0.15, 0.2) is 65.1 Å². The highest BCUT2D eigenvalue weighted by Gasteiger charge is 2.22. The maximum atomic E-state index is 13.3. The molecular weight excluding hydrogens is 532 g/mol. The zero-order valence-electron chi connectivity index (χ0n) is 26.1. The van der Waals surface area contributed by atoms with E-state index in [1.807, 2.05) is 42.5 Å². The molecule has 43 heavy (non-hydrogen) atoms. The minimum Gasteiger partial charge on any atom is -0.462 e. The van der Waals surface area contributed by atoms with E-state index in [2.05, 4.69) is 6.92 Å². The predicted octanol–water partition coefficient (Wildman–Crippen LogP) is 10.7. The summed E-state index contributed by atoms with van der Waals surface area (Å²) in [5, 5.41) is 9.29. The Bertz CT molecular complexity index is 1460. The Balaban J connectivity index is 1.21. The van der Waals surface area contributed by atoms with Crippen LogP contribution < -0.4 is 11.1 Å². The molecule has 0 bridgehead atoms. The van der Waals surface area contributed by atoms with Gasteiger partial charge in [-0.3, -0.25) is 0 Å². The second-order valence-electron chi connectivity index (χ2n) is 11.9. The molecule has 4 rings (SSSR count). The summed E-state index contributed by atoms with van der Waals surface area (Å²) in [6.45, 7) is 2.70. The van der Waals surface area contributed by atoms with Gasteiger partial charge in [-0.25, -0.2) is 4.79 Å². The first-order chi connectivity index (χ1) is 21.1. The van der Waals surface area contributed by atoms with E-state index in [1.165, 1.54) is 89.9 Å². The number of rotatable bonds is 19. The van der Waals surface area contributed by atoms with Crippen molar-refractivity contribution in [1.82, 2.24) is 0 Å². The highest BCUT2D eigenvalue weighted by atomic mass is 16.5. The van der Waals surface area contributed by atoms with Crippen molar-refractivity contribution in [2.75, 3.05) is 12.3 Å². The van der Waals surface area contributed by atoms with Gasteiger partial charge in [0.25, 0.3) is 0 Å². The third-order valence-corrected chi connectivity index (χ3v) is 8.39. The van der Waals surface area contributed by atoms with Gasteiger partial charge >= 0.3 is 5.97 Å². The molecule has 1 heterocycles. The number of carbonyl (C=O) groups is 1. The first-order valence-corrected chi connectivity index (χ1v) is 16.7. The zero-order chi connectivity index (χ0) is 30.3. The van der Waals surface area contributed by atoms with E-state index in [0.29, 0.717) is 34.6 Å². The maximum absolute atomic E-state index is 13.3. The quantitative estimate of drug-likeness (QED) is 0.0498. The van der Waals surface area contributed by atoms with E-state index in [0.717, 1.165) is 34.9 Å². The molecule has 5 heteroatoms. The van der Waals surface area contributed by atoms with E-state index in [1.54, 1.807) is 18.2 Å². The molecule has 1 aliphatic heterocycles. The maximum Gasteiger partial charge on any atom is 0.338 e. The van der Waals surface area contributed by atoms with Gasteiger partial charge in [-0.2, -0.15) is 0 Å². The van der Waals surface area contributed by atoms with E-state index < -0.39 is 0 Å². The van der Waals surface area contributed by atoms with Gasteiger partial charge in [-0.1, -0.05) is 121 Å². The number of carbonyl (C=O) groups excluding carboxylic acids is 1. The van der Waals surface area contributed by atoms with Crippen LogP contribution in [0, 0.1) is 5.41 Å². The summed E-state index contributed by atoms with van der Waals surface area (Å²) in [5.74, 6) is 0.267. The van der Waals surface area contributed by atoms with E-state index in [-0.39, 0.29) is 5.97 Å². The molecule has 0 aromatic heterocycles. The van der Waals surface area contributed by atoms with Crippen molar-refractivity contribution < 1.29 is 13.9 Å². The van der Waals surface area contributed by atoms with Crippen LogP contribution in [-0.4, -0.2) is 12.6 Å². The second-order valence-corrected chi connectivity index (χ2v) is 11.9. The molecule has 1 aliphatic carbocycles. The van der Waals surface area contributed by atoms with Gasteiger partial charge in [0.1, 0.15) is 11.3 Å². The van der Waals surface area contributed by atoms with Crippen LogP contribution in [0.5, 0.6) is 0 Å². The first-order valence-electron chi connectivity index (χ1n) is 16.7. The largest absolute Gasteiger partial charge is 0.462 e. The van der Waals surface area contributed by atoms with Gasteiger partial charge in [0.15, 0.2) is 0 Å². The fourth-order valence-electron chi connectivity index (χ4n) is 5.97. The molecule has 5 nitrogen and oxygen atoms in total. The number of nitrogens with two attached hydrogens (primary N) is 1. The summed E-state index contributed by atoms with van der Waals surface area (Å²) in [7, 11) is 0. The summed E-state index contributed by atoms with van der Waals surface area (Å²) >= 11 is 0. The Morgan fingerprint density at radius 3 is 1.98 bits per heavy atom. The average Bonchev–Trinajstić information content (AvgIpc) is 3.01. The number of hydrogen-bond acceptors (Lipinski definition) is 5. The van der Waals surface area contributed by atoms with Gasteiger partial charge in [0, 0.05) is 34.3 Å². The fraction of sp³-hybridized carbons (Fsp3) is 0.474.